The van der Waals surface area contributed by atoms with Crippen molar-refractivity contribution in [3.05, 3.63) is 58.7 Å². The van der Waals surface area contributed by atoms with Gasteiger partial charge in [-0.1, -0.05) is 23.8 Å². The number of nitrogens with two attached hydrogens (primary N) is 1. The molecule has 0 aliphatic heterocycles. The van der Waals surface area contributed by atoms with Gasteiger partial charge in [0.25, 0.3) is 0 Å². The van der Waals surface area contributed by atoms with Crippen LogP contribution in [-0.2, 0) is 12.7 Å². The summed E-state index contributed by atoms with van der Waals surface area (Å²) in [5.74, 6) is 0.193. The lowest BCUT2D eigenvalue weighted by Crippen LogP contribution is -2.09. The number of aryl methyl sites for hydroxylation is 2. The van der Waals surface area contributed by atoms with Gasteiger partial charge >= 0.3 is 6.18 Å². The predicted molar refractivity (Wildman–Crippen MR) is 75.3 cm³/mol. The smallest absolute Gasteiger partial charge is 0.419 e. The normalized spacial score (nSPS) is 11.5. The molecule has 2 N–H and O–H groups in total. The quantitative estimate of drug-likeness (QED) is 0.900. The second-order valence-electron chi connectivity index (χ2n) is 4.90. The van der Waals surface area contributed by atoms with E-state index in [1.807, 2.05) is 13.0 Å². The van der Waals surface area contributed by atoms with E-state index in [1.165, 1.54) is 12.1 Å². The molecule has 0 saturated carbocycles. The highest BCUT2D eigenvalue weighted by Gasteiger charge is 2.34. The van der Waals surface area contributed by atoms with Crippen molar-refractivity contribution < 1.29 is 17.9 Å². The summed E-state index contributed by atoms with van der Waals surface area (Å²) in [6.07, 6.45) is -4.49. The number of alkyl halides is 3. The van der Waals surface area contributed by atoms with Crippen molar-refractivity contribution in [2.75, 3.05) is 0 Å². The van der Waals surface area contributed by atoms with Crippen LogP contribution in [0.1, 0.15) is 22.3 Å². The molecule has 0 fully saturated rings. The molecule has 0 aromatic heterocycles. The van der Waals surface area contributed by atoms with E-state index in [4.69, 9.17) is 10.5 Å². The van der Waals surface area contributed by atoms with E-state index in [-0.39, 0.29) is 12.3 Å². The fraction of sp³-hybridized carbons (Fsp3) is 0.250. The van der Waals surface area contributed by atoms with Crippen molar-refractivity contribution in [3.8, 4) is 11.5 Å². The molecule has 2 aromatic rings. The molecule has 0 radical (unpaired) electrons. The molecule has 0 bridgehead atoms. The molecule has 21 heavy (non-hydrogen) atoms. The van der Waals surface area contributed by atoms with Gasteiger partial charge in [-0.3, -0.25) is 0 Å². The Kier molecular flexibility index (Phi) is 4.23. The Morgan fingerprint density at radius 1 is 1.00 bits per heavy atom. The molecule has 0 heterocycles. The van der Waals surface area contributed by atoms with E-state index in [1.54, 1.807) is 19.1 Å². The van der Waals surface area contributed by atoms with Gasteiger partial charge in [0.15, 0.2) is 0 Å². The van der Waals surface area contributed by atoms with Gasteiger partial charge in [-0.25, -0.2) is 0 Å². The molecule has 0 aliphatic rings. The number of rotatable bonds is 3. The van der Waals surface area contributed by atoms with Crippen LogP contribution in [0.2, 0.25) is 0 Å². The van der Waals surface area contributed by atoms with Crippen molar-refractivity contribution >= 4 is 0 Å². The third-order valence-corrected chi connectivity index (χ3v) is 3.14. The molecule has 0 atom stereocenters. The number of ether oxygens (including phenoxy) is 1. The SMILES string of the molecule is Cc1ccc(Oc2ccc(CN)cc2C(F)(F)F)c(C)c1. The third-order valence-electron chi connectivity index (χ3n) is 3.14. The van der Waals surface area contributed by atoms with Gasteiger partial charge < -0.3 is 10.5 Å². The molecule has 0 unspecified atom stereocenters. The highest BCUT2D eigenvalue weighted by Crippen LogP contribution is 2.39. The first-order valence-electron chi connectivity index (χ1n) is 6.46. The zero-order valence-corrected chi connectivity index (χ0v) is 11.8. The first-order chi connectivity index (χ1) is 9.81. The van der Waals surface area contributed by atoms with Crippen LogP contribution in [-0.4, -0.2) is 0 Å². The predicted octanol–water partition coefficient (Wildman–Crippen LogP) is 4.57. The van der Waals surface area contributed by atoms with Crippen molar-refractivity contribution in [1.82, 2.24) is 0 Å². The summed E-state index contributed by atoms with van der Waals surface area (Å²) in [7, 11) is 0. The lowest BCUT2D eigenvalue weighted by Gasteiger charge is -2.16. The third kappa shape index (κ3) is 3.55. The Morgan fingerprint density at radius 3 is 2.24 bits per heavy atom. The number of halogens is 3. The lowest BCUT2D eigenvalue weighted by molar-refractivity contribution is -0.138. The summed E-state index contributed by atoms with van der Waals surface area (Å²) in [5.41, 5.74) is 6.80. The van der Waals surface area contributed by atoms with Crippen molar-refractivity contribution in [2.45, 2.75) is 26.6 Å². The number of hydrogen-bond donors (Lipinski definition) is 1. The first kappa shape index (κ1) is 15.4. The highest BCUT2D eigenvalue weighted by atomic mass is 19.4. The van der Waals surface area contributed by atoms with Crippen LogP contribution in [0.25, 0.3) is 0 Å². The molecule has 0 spiro atoms. The lowest BCUT2D eigenvalue weighted by atomic mass is 10.1. The minimum Gasteiger partial charge on any atom is -0.456 e. The van der Waals surface area contributed by atoms with E-state index in [2.05, 4.69) is 0 Å². The van der Waals surface area contributed by atoms with E-state index in [0.717, 1.165) is 17.2 Å². The van der Waals surface area contributed by atoms with Gasteiger partial charge in [0.2, 0.25) is 0 Å². The Balaban J connectivity index is 2.44. The van der Waals surface area contributed by atoms with Gasteiger partial charge in [-0.2, -0.15) is 13.2 Å². The summed E-state index contributed by atoms with van der Waals surface area (Å²) in [4.78, 5) is 0. The molecular weight excluding hydrogens is 279 g/mol. The molecule has 112 valence electrons. The van der Waals surface area contributed by atoms with E-state index in [0.29, 0.717) is 11.3 Å². The molecule has 5 heteroatoms. The molecule has 2 aromatic carbocycles. The molecule has 2 rings (SSSR count). The maximum absolute atomic E-state index is 13.1. The zero-order chi connectivity index (χ0) is 15.6. The van der Waals surface area contributed by atoms with Gasteiger partial charge in [-0.05, 0) is 43.2 Å². The van der Waals surface area contributed by atoms with Crippen LogP contribution < -0.4 is 10.5 Å². The summed E-state index contributed by atoms with van der Waals surface area (Å²) >= 11 is 0. The number of hydrogen-bond acceptors (Lipinski definition) is 2. The zero-order valence-electron chi connectivity index (χ0n) is 11.8. The van der Waals surface area contributed by atoms with Crippen molar-refractivity contribution in [2.24, 2.45) is 5.73 Å². The number of benzene rings is 2. The van der Waals surface area contributed by atoms with Crippen LogP contribution in [0, 0.1) is 13.8 Å². The Labute approximate surface area is 121 Å². The Morgan fingerprint density at radius 2 is 1.67 bits per heavy atom. The summed E-state index contributed by atoms with van der Waals surface area (Å²) in [6.45, 7) is 3.75. The fourth-order valence-corrected chi connectivity index (χ4v) is 2.05. The average molecular weight is 295 g/mol. The summed E-state index contributed by atoms with van der Waals surface area (Å²) < 4.78 is 44.8. The molecule has 0 saturated heterocycles. The maximum atomic E-state index is 13.1. The highest BCUT2D eigenvalue weighted by molar-refractivity contribution is 5.44. The van der Waals surface area contributed by atoms with Crippen LogP contribution in [0.15, 0.2) is 36.4 Å². The monoisotopic (exact) mass is 295 g/mol. The van der Waals surface area contributed by atoms with Crippen LogP contribution in [0.3, 0.4) is 0 Å². The van der Waals surface area contributed by atoms with Crippen molar-refractivity contribution in [1.29, 1.82) is 0 Å². The van der Waals surface area contributed by atoms with Gasteiger partial charge in [0.05, 0.1) is 5.56 Å². The summed E-state index contributed by atoms with van der Waals surface area (Å²) in [5, 5.41) is 0. The standard InChI is InChI=1S/C16H16F3NO/c1-10-3-5-14(11(2)7-10)21-15-6-4-12(9-20)8-13(15)16(17,18)19/h3-8H,9,20H2,1-2H3. The summed E-state index contributed by atoms with van der Waals surface area (Å²) in [6, 6.07) is 9.19. The molecule has 0 amide bonds. The van der Waals surface area contributed by atoms with Crippen molar-refractivity contribution in [3.63, 3.8) is 0 Å². The van der Waals surface area contributed by atoms with E-state index < -0.39 is 11.7 Å². The topological polar surface area (TPSA) is 35.2 Å². The Hall–Kier alpha value is -2.01. The van der Waals surface area contributed by atoms with E-state index >= 15 is 0 Å². The van der Waals surface area contributed by atoms with Gasteiger partial charge in [0, 0.05) is 6.54 Å². The maximum Gasteiger partial charge on any atom is 0.419 e. The van der Waals surface area contributed by atoms with Gasteiger partial charge in [-0.15, -0.1) is 0 Å². The first-order valence-corrected chi connectivity index (χ1v) is 6.46. The fourth-order valence-electron chi connectivity index (χ4n) is 2.05. The van der Waals surface area contributed by atoms with Gasteiger partial charge in [0.1, 0.15) is 11.5 Å². The Bertz CT molecular complexity index is 650. The molecule has 2 nitrogen and oxygen atoms in total. The minimum absolute atomic E-state index is 0.0485. The molecular formula is C16H16F3NO. The largest absolute Gasteiger partial charge is 0.456 e. The minimum atomic E-state index is -4.49. The second kappa shape index (κ2) is 5.77. The van der Waals surface area contributed by atoms with Crippen LogP contribution >= 0.6 is 0 Å². The average Bonchev–Trinajstić information content (AvgIpc) is 2.41. The second-order valence-corrected chi connectivity index (χ2v) is 4.90. The molecule has 0 aliphatic carbocycles. The van der Waals surface area contributed by atoms with Crippen LogP contribution in [0.4, 0.5) is 13.2 Å². The van der Waals surface area contributed by atoms with Crippen LogP contribution in [0.5, 0.6) is 11.5 Å². The van der Waals surface area contributed by atoms with E-state index in [9.17, 15) is 13.2 Å².